The zero-order valence-electron chi connectivity index (χ0n) is 24.9. The number of benzene rings is 7. The molecule has 0 N–H and O–H groups in total. The first-order chi connectivity index (χ1) is 22.7. The van der Waals surface area contributed by atoms with Gasteiger partial charge in [0.25, 0.3) is 0 Å². The van der Waals surface area contributed by atoms with Crippen molar-refractivity contribution in [2.24, 2.45) is 0 Å². The van der Waals surface area contributed by atoms with Gasteiger partial charge in [-0.15, -0.1) is 11.3 Å². The Morgan fingerprint density at radius 3 is 1.48 bits per heavy atom. The molecule has 0 bridgehead atoms. The van der Waals surface area contributed by atoms with Crippen molar-refractivity contribution in [2.75, 3.05) is 9.80 Å². The molecule has 0 spiro atoms. The van der Waals surface area contributed by atoms with Crippen molar-refractivity contribution in [1.29, 1.82) is 0 Å². The highest BCUT2D eigenvalue weighted by molar-refractivity contribution is 9.10. The smallest absolute Gasteiger partial charge is 0.0493 e. The molecule has 7 aromatic carbocycles. The first kappa shape index (κ1) is 28.3. The molecule has 0 aliphatic heterocycles. The van der Waals surface area contributed by atoms with Crippen LogP contribution in [0, 0.1) is 0 Å². The molecule has 220 valence electrons. The fourth-order valence-electron chi connectivity index (χ4n) is 6.15. The maximum atomic E-state index is 3.89. The van der Waals surface area contributed by atoms with Crippen LogP contribution in [0.5, 0.6) is 0 Å². The summed E-state index contributed by atoms with van der Waals surface area (Å²) in [4.78, 5) is 4.67. The average molecular weight is 674 g/mol. The SMILES string of the molecule is Brc1cc(N(c2ccccc2)c2ccc(-c3ccccc3)cc2)cc(N(c2ccccc2)c2ccc3c(c2)sc2ccccc23)c1. The van der Waals surface area contributed by atoms with Crippen molar-refractivity contribution in [3.63, 3.8) is 0 Å². The Hall–Kier alpha value is -5.16. The van der Waals surface area contributed by atoms with Crippen LogP contribution in [0.15, 0.2) is 180 Å². The second-order valence-corrected chi connectivity index (χ2v) is 13.2. The van der Waals surface area contributed by atoms with E-state index in [1.165, 1.54) is 31.3 Å². The molecule has 0 saturated heterocycles. The van der Waals surface area contributed by atoms with Crippen LogP contribution in [-0.2, 0) is 0 Å². The molecule has 0 aliphatic rings. The maximum absolute atomic E-state index is 3.89. The fraction of sp³-hybridized carbons (Fsp3) is 0. The highest BCUT2D eigenvalue weighted by Crippen LogP contribution is 2.44. The number of para-hydroxylation sites is 2. The summed E-state index contributed by atoms with van der Waals surface area (Å²) in [5, 5.41) is 2.60. The molecule has 0 fully saturated rings. The van der Waals surface area contributed by atoms with Crippen LogP contribution < -0.4 is 9.80 Å². The van der Waals surface area contributed by atoms with E-state index in [0.29, 0.717) is 0 Å². The zero-order chi connectivity index (χ0) is 30.9. The minimum atomic E-state index is 1.01. The Bertz CT molecular complexity index is 2260. The van der Waals surface area contributed by atoms with Crippen LogP contribution >= 0.6 is 27.3 Å². The summed E-state index contributed by atoms with van der Waals surface area (Å²) in [6.07, 6.45) is 0. The zero-order valence-corrected chi connectivity index (χ0v) is 27.3. The summed E-state index contributed by atoms with van der Waals surface area (Å²) < 4.78 is 3.59. The van der Waals surface area contributed by atoms with Gasteiger partial charge in [0.1, 0.15) is 0 Å². The highest BCUT2D eigenvalue weighted by Gasteiger charge is 2.19. The Kier molecular flexibility index (Phi) is 7.59. The minimum absolute atomic E-state index is 1.01. The maximum Gasteiger partial charge on any atom is 0.0493 e. The van der Waals surface area contributed by atoms with E-state index in [2.05, 4.69) is 202 Å². The van der Waals surface area contributed by atoms with Crippen molar-refractivity contribution in [2.45, 2.75) is 0 Å². The number of nitrogens with zero attached hydrogens (tertiary/aromatic N) is 2. The van der Waals surface area contributed by atoms with Gasteiger partial charge in [-0.1, -0.05) is 119 Å². The Morgan fingerprint density at radius 2 is 0.826 bits per heavy atom. The molecule has 1 heterocycles. The lowest BCUT2D eigenvalue weighted by Gasteiger charge is -2.30. The van der Waals surface area contributed by atoms with Crippen molar-refractivity contribution in [3.8, 4) is 11.1 Å². The number of halogens is 1. The Labute approximate surface area is 281 Å². The lowest BCUT2D eigenvalue weighted by Crippen LogP contribution is -2.13. The second kappa shape index (κ2) is 12.3. The van der Waals surface area contributed by atoms with Gasteiger partial charge in [0.15, 0.2) is 0 Å². The second-order valence-electron chi connectivity index (χ2n) is 11.2. The summed E-state index contributed by atoms with van der Waals surface area (Å²) in [6.45, 7) is 0. The van der Waals surface area contributed by atoms with E-state index in [1.54, 1.807) is 0 Å². The highest BCUT2D eigenvalue weighted by atomic mass is 79.9. The van der Waals surface area contributed by atoms with Crippen molar-refractivity contribution in [1.82, 2.24) is 0 Å². The van der Waals surface area contributed by atoms with Gasteiger partial charge in [-0.2, -0.15) is 0 Å². The summed E-state index contributed by atoms with van der Waals surface area (Å²) in [5.41, 5.74) is 8.94. The number of rotatable bonds is 7. The molecule has 8 aromatic rings. The van der Waals surface area contributed by atoms with Crippen LogP contribution in [0.3, 0.4) is 0 Å². The van der Waals surface area contributed by atoms with Gasteiger partial charge in [0.05, 0.1) is 0 Å². The molecule has 46 heavy (non-hydrogen) atoms. The summed E-state index contributed by atoms with van der Waals surface area (Å²) in [7, 11) is 0. The molecule has 0 radical (unpaired) electrons. The molecule has 0 aliphatic carbocycles. The average Bonchev–Trinajstić information content (AvgIpc) is 3.48. The van der Waals surface area contributed by atoms with Gasteiger partial charge < -0.3 is 9.80 Å². The van der Waals surface area contributed by atoms with E-state index in [0.717, 1.165) is 38.6 Å². The van der Waals surface area contributed by atoms with Gasteiger partial charge in [-0.25, -0.2) is 0 Å². The predicted octanol–water partition coefficient (Wildman–Crippen LogP) is 13.4. The lowest BCUT2D eigenvalue weighted by molar-refractivity contribution is 1.25. The first-order valence-electron chi connectivity index (χ1n) is 15.3. The molecule has 0 amide bonds. The Balaban J connectivity index is 1.27. The third-order valence-corrected chi connectivity index (χ3v) is 9.86. The van der Waals surface area contributed by atoms with E-state index in [4.69, 9.17) is 0 Å². The van der Waals surface area contributed by atoms with E-state index < -0.39 is 0 Å². The van der Waals surface area contributed by atoms with Crippen molar-refractivity contribution < 1.29 is 0 Å². The molecule has 1 aromatic heterocycles. The van der Waals surface area contributed by atoms with Crippen LogP contribution in [0.2, 0.25) is 0 Å². The van der Waals surface area contributed by atoms with Crippen LogP contribution in [0.25, 0.3) is 31.3 Å². The standard InChI is InChI=1S/C42H29BrN2S/c43-32-26-37(44(33-14-6-2-7-15-33)35-22-20-31(21-23-35)30-12-4-1-5-13-30)28-38(27-32)45(34-16-8-3-9-17-34)36-24-25-40-39-18-10-11-19-41(39)46-42(40)29-36/h1-29H. The minimum Gasteiger partial charge on any atom is -0.310 e. The molecule has 0 saturated carbocycles. The first-order valence-corrected chi connectivity index (χ1v) is 16.9. The van der Waals surface area contributed by atoms with Crippen molar-refractivity contribution in [3.05, 3.63) is 180 Å². The molecule has 8 rings (SSSR count). The van der Waals surface area contributed by atoms with Gasteiger partial charge >= 0.3 is 0 Å². The molecular weight excluding hydrogens is 644 g/mol. The predicted molar refractivity (Wildman–Crippen MR) is 202 cm³/mol. The van der Waals surface area contributed by atoms with Crippen LogP contribution in [0.1, 0.15) is 0 Å². The topological polar surface area (TPSA) is 6.48 Å². The van der Waals surface area contributed by atoms with Gasteiger partial charge in [-0.05, 0) is 83.9 Å². The number of anilines is 6. The van der Waals surface area contributed by atoms with Crippen LogP contribution in [-0.4, -0.2) is 0 Å². The van der Waals surface area contributed by atoms with Gasteiger partial charge in [-0.3, -0.25) is 0 Å². The van der Waals surface area contributed by atoms with E-state index in [1.807, 2.05) is 11.3 Å². The fourth-order valence-corrected chi connectivity index (χ4v) is 7.76. The van der Waals surface area contributed by atoms with Crippen LogP contribution in [0.4, 0.5) is 34.1 Å². The summed E-state index contributed by atoms with van der Waals surface area (Å²) >= 11 is 5.74. The summed E-state index contributed by atoms with van der Waals surface area (Å²) in [5.74, 6) is 0. The Morgan fingerprint density at radius 1 is 0.348 bits per heavy atom. The number of thiophene rings is 1. The van der Waals surface area contributed by atoms with E-state index in [9.17, 15) is 0 Å². The lowest BCUT2D eigenvalue weighted by atomic mass is 10.0. The molecule has 4 heteroatoms. The monoisotopic (exact) mass is 672 g/mol. The largest absolute Gasteiger partial charge is 0.310 e. The molecule has 0 unspecified atom stereocenters. The van der Waals surface area contributed by atoms with Gasteiger partial charge in [0.2, 0.25) is 0 Å². The molecule has 2 nitrogen and oxygen atoms in total. The number of fused-ring (bicyclic) bond motifs is 3. The number of hydrogen-bond donors (Lipinski definition) is 0. The van der Waals surface area contributed by atoms with E-state index in [-0.39, 0.29) is 0 Å². The third-order valence-electron chi connectivity index (χ3n) is 8.27. The normalized spacial score (nSPS) is 11.2. The molecular formula is C42H29BrN2S. The van der Waals surface area contributed by atoms with Crippen molar-refractivity contribution >= 4 is 81.6 Å². The quantitative estimate of drug-likeness (QED) is 0.166. The number of hydrogen-bond acceptors (Lipinski definition) is 3. The summed E-state index contributed by atoms with van der Waals surface area (Å²) in [6, 6.07) is 62.7. The van der Waals surface area contributed by atoms with Gasteiger partial charge in [0, 0.05) is 58.8 Å². The van der Waals surface area contributed by atoms with E-state index >= 15 is 0 Å². The molecule has 0 atom stereocenters. The third kappa shape index (κ3) is 5.47.